The summed E-state index contributed by atoms with van der Waals surface area (Å²) in [6.07, 6.45) is 8.75. The van der Waals surface area contributed by atoms with Crippen LogP contribution in [0.1, 0.15) is 32.1 Å². The van der Waals surface area contributed by atoms with Gasteiger partial charge in [0.25, 0.3) is 0 Å². The number of terminal acetylenes is 1. The van der Waals surface area contributed by atoms with Gasteiger partial charge in [0.1, 0.15) is 6.04 Å². The Morgan fingerprint density at radius 1 is 1.25 bits per heavy atom. The van der Waals surface area contributed by atoms with E-state index >= 15 is 0 Å². The van der Waals surface area contributed by atoms with E-state index in [2.05, 4.69) is 5.92 Å². The molecule has 0 N–H and O–H groups in total. The highest BCUT2D eigenvalue weighted by Gasteiger charge is 2.36. The summed E-state index contributed by atoms with van der Waals surface area (Å²) < 4.78 is 0. The lowest BCUT2D eigenvalue weighted by Gasteiger charge is -2.32. The molecule has 2 aliphatic rings. The predicted octanol–water partition coefficient (Wildman–Crippen LogP) is 1.36. The van der Waals surface area contributed by atoms with Crippen LogP contribution in [0, 0.1) is 12.3 Å². The Morgan fingerprint density at radius 2 is 2.00 bits per heavy atom. The number of hydrogen-bond acceptors (Lipinski definition) is 3. The molecule has 0 saturated carbocycles. The Bertz CT molecular complexity index is 399. The number of thioether (sulfide) groups is 1. The van der Waals surface area contributed by atoms with Crippen molar-refractivity contribution in [2.24, 2.45) is 0 Å². The van der Waals surface area contributed by atoms with Gasteiger partial charge in [-0.15, -0.1) is 12.3 Å². The zero-order chi connectivity index (χ0) is 14.4. The van der Waals surface area contributed by atoms with E-state index in [9.17, 15) is 9.59 Å². The first-order chi connectivity index (χ1) is 9.74. The number of carbonyl (C=O) groups is 2. The molecule has 0 radical (unpaired) electrons. The maximum atomic E-state index is 12.5. The van der Waals surface area contributed by atoms with Crippen molar-refractivity contribution in [3.8, 4) is 12.3 Å². The average molecular weight is 294 g/mol. The Hall–Kier alpha value is -1.15. The van der Waals surface area contributed by atoms with Crippen LogP contribution in [0.3, 0.4) is 0 Å². The zero-order valence-electron chi connectivity index (χ0n) is 11.8. The number of hydrogen-bond donors (Lipinski definition) is 0. The number of nitrogens with zero attached hydrogens (tertiary/aromatic N) is 2. The molecule has 2 amide bonds. The van der Waals surface area contributed by atoms with Crippen molar-refractivity contribution >= 4 is 23.6 Å². The van der Waals surface area contributed by atoms with Crippen LogP contribution in [0.25, 0.3) is 0 Å². The van der Waals surface area contributed by atoms with Gasteiger partial charge in [-0.1, -0.05) is 0 Å². The van der Waals surface area contributed by atoms with Crippen LogP contribution < -0.4 is 0 Å². The van der Waals surface area contributed by atoms with Crippen LogP contribution in [0.2, 0.25) is 0 Å². The van der Waals surface area contributed by atoms with Crippen molar-refractivity contribution in [3.63, 3.8) is 0 Å². The fourth-order valence-corrected chi connectivity index (χ4v) is 3.70. The summed E-state index contributed by atoms with van der Waals surface area (Å²) >= 11 is 1.89. The SMILES string of the molecule is C#CCCCC(=O)N1CCCC1C(=O)N1CCSCC1. The van der Waals surface area contributed by atoms with Crippen molar-refractivity contribution in [2.75, 3.05) is 31.1 Å². The first-order valence-corrected chi connectivity index (χ1v) is 8.49. The van der Waals surface area contributed by atoms with Gasteiger partial charge in [-0.3, -0.25) is 9.59 Å². The van der Waals surface area contributed by atoms with Gasteiger partial charge >= 0.3 is 0 Å². The van der Waals surface area contributed by atoms with Crippen molar-refractivity contribution in [1.82, 2.24) is 9.80 Å². The topological polar surface area (TPSA) is 40.6 Å². The molecule has 2 saturated heterocycles. The first-order valence-electron chi connectivity index (χ1n) is 7.33. The second-order valence-electron chi connectivity index (χ2n) is 5.24. The van der Waals surface area contributed by atoms with Crippen LogP contribution in [-0.4, -0.2) is 58.8 Å². The Morgan fingerprint density at radius 3 is 2.70 bits per heavy atom. The molecule has 110 valence electrons. The quantitative estimate of drug-likeness (QED) is 0.580. The van der Waals surface area contributed by atoms with Gasteiger partial charge in [0, 0.05) is 44.0 Å². The summed E-state index contributed by atoms with van der Waals surface area (Å²) in [6, 6.07) is -0.226. The highest BCUT2D eigenvalue weighted by Crippen LogP contribution is 2.22. The predicted molar refractivity (Wildman–Crippen MR) is 81.3 cm³/mol. The molecule has 0 aromatic heterocycles. The maximum Gasteiger partial charge on any atom is 0.245 e. The van der Waals surface area contributed by atoms with E-state index in [1.807, 2.05) is 16.7 Å². The molecule has 0 aromatic rings. The van der Waals surface area contributed by atoms with Crippen LogP contribution in [0.5, 0.6) is 0 Å². The van der Waals surface area contributed by atoms with Crippen LogP contribution in [0.15, 0.2) is 0 Å². The Labute approximate surface area is 125 Å². The fraction of sp³-hybridized carbons (Fsp3) is 0.733. The minimum Gasteiger partial charge on any atom is -0.339 e. The van der Waals surface area contributed by atoms with E-state index in [1.165, 1.54) is 0 Å². The third-order valence-corrected chi connectivity index (χ3v) is 4.84. The van der Waals surface area contributed by atoms with Crippen molar-refractivity contribution in [2.45, 2.75) is 38.1 Å². The third kappa shape index (κ3) is 3.69. The molecule has 4 nitrogen and oxygen atoms in total. The van der Waals surface area contributed by atoms with Crippen LogP contribution in [0.4, 0.5) is 0 Å². The Balaban J connectivity index is 1.90. The highest BCUT2D eigenvalue weighted by molar-refractivity contribution is 7.99. The van der Waals surface area contributed by atoms with Gasteiger partial charge in [0.15, 0.2) is 0 Å². The molecular weight excluding hydrogens is 272 g/mol. The fourth-order valence-electron chi connectivity index (χ4n) is 2.80. The molecule has 5 heteroatoms. The summed E-state index contributed by atoms with van der Waals surface area (Å²) in [7, 11) is 0. The molecule has 0 aliphatic carbocycles. The monoisotopic (exact) mass is 294 g/mol. The summed E-state index contributed by atoms with van der Waals surface area (Å²) in [5.41, 5.74) is 0. The van der Waals surface area contributed by atoms with Gasteiger partial charge < -0.3 is 9.80 Å². The van der Waals surface area contributed by atoms with Crippen LogP contribution >= 0.6 is 11.8 Å². The van der Waals surface area contributed by atoms with Gasteiger partial charge in [-0.25, -0.2) is 0 Å². The summed E-state index contributed by atoms with van der Waals surface area (Å²) in [6.45, 7) is 2.35. The van der Waals surface area contributed by atoms with E-state index in [4.69, 9.17) is 6.42 Å². The van der Waals surface area contributed by atoms with E-state index in [0.717, 1.165) is 37.4 Å². The molecule has 2 aliphatic heterocycles. The van der Waals surface area contributed by atoms with Crippen molar-refractivity contribution in [3.05, 3.63) is 0 Å². The van der Waals surface area contributed by atoms with E-state index in [-0.39, 0.29) is 17.9 Å². The van der Waals surface area contributed by atoms with E-state index < -0.39 is 0 Å². The standard InChI is InChI=1S/C15H22N2O2S/c1-2-3-4-7-14(18)17-8-5-6-13(17)15(19)16-9-11-20-12-10-16/h1,13H,3-12H2. The lowest BCUT2D eigenvalue weighted by atomic mass is 10.1. The van der Waals surface area contributed by atoms with Gasteiger partial charge in [0.05, 0.1) is 0 Å². The van der Waals surface area contributed by atoms with Gasteiger partial charge in [-0.2, -0.15) is 11.8 Å². The van der Waals surface area contributed by atoms with Crippen LogP contribution in [-0.2, 0) is 9.59 Å². The third-order valence-electron chi connectivity index (χ3n) is 3.89. The number of carbonyl (C=O) groups excluding carboxylic acids is 2. The second kappa shape index (κ2) is 7.58. The summed E-state index contributed by atoms with van der Waals surface area (Å²) in [4.78, 5) is 28.4. The number of likely N-dealkylation sites (tertiary alicyclic amines) is 1. The smallest absolute Gasteiger partial charge is 0.245 e. The van der Waals surface area contributed by atoms with Crippen molar-refractivity contribution in [1.29, 1.82) is 0 Å². The lowest BCUT2D eigenvalue weighted by molar-refractivity contribution is -0.143. The maximum absolute atomic E-state index is 12.5. The lowest BCUT2D eigenvalue weighted by Crippen LogP contribution is -2.50. The molecule has 0 spiro atoms. The molecule has 1 unspecified atom stereocenters. The van der Waals surface area contributed by atoms with Gasteiger partial charge in [-0.05, 0) is 19.3 Å². The second-order valence-corrected chi connectivity index (χ2v) is 6.47. The van der Waals surface area contributed by atoms with E-state index in [0.29, 0.717) is 25.8 Å². The molecule has 1 atom stereocenters. The number of rotatable bonds is 4. The van der Waals surface area contributed by atoms with Crippen molar-refractivity contribution < 1.29 is 9.59 Å². The molecular formula is C15H22N2O2S. The highest BCUT2D eigenvalue weighted by atomic mass is 32.2. The molecule has 2 fully saturated rings. The Kier molecular flexibility index (Phi) is 5.78. The first kappa shape index (κ1) is 15.2. The minimum absolute atomic E-state index is 0.0856. The molecule has 2 heterocycles. The molecule has 0 aromatic carbocycles. The average Bonchev–Trinajstić information content (AvgIpc) is 2.97. The normalized spacial score (nSPS) is 22.6. The van der Waals surface area contributed by atoms with Gasteiger partial charge in [0.2, 0.25) is 11.8 Å². The van der Waals surface area contributed by atoms with E-state index in [1.54, 1.807) is 4.90 Å². The minimum atomic E-state index is -0.226. The summed E-state index contributed by atoms with van der Waals surface area (Å²) in [5, 5.41) is 0. The molecule has 2 rings (SSSR count). The molecule has 20 heavy (non-hydrogen) atoms. The number of amides is 2. The summed E-state index contributed by atoms with van der Waals surface area (Å²) in [5.74, 6) is 4.80. The largest absolute Gasteiger partial charge is 0.339 e. The zero-order valence-corrected chi connectivity index (χ0v) is 12.7. The number of unbranched alkanes of at least 4 members (excludes halogenated alkanes) is 1. The molecule has 0 bridgehead atoms.